The van der Waals surface area contributed by atoms with Gasteiger partial charge in [-0.15, -0.1) is 0 Å². The Hall–Kier alpha value is -0.860. The fraction of sp³-hybridized carbons (Fsp3) is 0.600. The van der Waals surface area contributed by atoms with E-state index in [-0.39, 0.29) is 0 Å². The van der Waals surface area contributed by atoms with E-state index in [1.807, 2.05) is 6.07 Å². The average molecular weight is 233 g/mol. The molecular weight excluding hydrogens is 210 g/mol. The zero-order valence-electron chi connectivity index (χ0n) is 10.5. The normalized spacial score (nSPS) is 20.4. The molecule has 1 aromatic rings. The summed E-state index contributed by atoms with van der Waals surface area (Å²) in [5.74, 6) is 0. The van der Waals surface area contributed by atoms with Crippen LogP contribution in [0.2, 0.25) is 0 Å². The van der Waals surface area contributed by atoms with Gasteiger partial charge in [0.2, 0.25) is 0 Å². The molecule has 2 heteroatoms. The van der Waals surface area contributed by atoms with Gasteiger partial charge in [0.1, 0.15) is 0 Å². The molecule has 0 amide bonds. The third-order valence-corrected chi connectivity index (χ3v) is 3.37. The van der Waals surface area contributed by atoms with Gasteiger partial charge in [-0.1, -0.05) is 36.8 Å². The lowest BCUT2D eigenvalue weighted by Gasteiger charge is -2.23. The Kier molecular flexibility index (Phi) is 5.53. The molecule has 2 nitrogen and oxygen atoms in total. The molecule has 1 fully saturated rings. The smallest absolute Gasteiger partial charge is 0.0716 e. The zero-order valence-corrected chi connectivity index (χ0v) is 10.5. The molecule has 1 heterocycles. The Labute approximate surface area is 104 Å². The second kappa shape index (κ2) is 7.46. The van der Waals surface area contributed by atoms with Crippen molar-refractivity contribution >= 4 is 0 Å². The van der Waals surface area contributed by atoms with Crippen molar-refractivity contribution in [3.63, 3.8) is 0 Å². The lowest BCUT2D eigenvalue weighted by Crippen LogP contribution is -2.33. The van der Waals surface area contributed by atoms with E-state index in [9.17, 15) is 0 Å². The number of hydrogen-bond donors (Lipinski definition) is 1. The Balaban J connectivity index is 1.51. The molecule has 0 bridgehead atoms. The summed E-state index contributed by atoms with van der Waals surface area (Å²) in [5, 5.41) is 3.57. The summed E-state index contributed by atoms with van der Waals surface area (Å²) in [5.41, 5.74) is 1.27. The number of ether oxygens (including phenoxy) is 1. The fourth-order valence-corrected chi connectivity index (χ4v) is 2.37. The first kappa shape index (κ1) is 12.6. The van der Waals surface area contributed by atoms with E-state index >= 15 is 0 Å². The molecule has 17 heavy (non-hydrogen) atoms. The van der Waals surface area contributed by atoms with Gasteiger partial charge in [-0.2, -0.15) is 0 Å². The van der Waals surface area contributed by atoms with Crippen molar-refractivity contribution in [2.75, 3.05) is 13.2 Å². The first-order chi connectivity index (χ1) is 8.45. The molecule has 0 aromatic heterocycles. The van der Waals surface area contributed by atoms with E-state index in [0.717, 1.165) is 19.3 Å². The molecule has 1 aliphatic heterocycles. The maximum Gasteiger partial charge on any atom is 0.0716 e. The molecule has 1 atom stereocenters. The van der Waals surface area contributed by atoms with Crippen LogP contribution in [-0.2, 0) is 11.3 Å². The molecule has 2 rings (SSSR count). The highest BCUT2D eigenvalue weighted by molar-refractivity contribution is 5.13. The third-order valence-electron chi connectivity index (χ3n) is 3.37. The second-order valence-corrected chi connectivity index (χ2v) is 4.83. The second-order valence-electron chi connectivity index (χ2n) is 4.83. The highest BCUT2D eigenvalue weighted by Gasteiger charge is 2.11. The van der Waals surface area contributed by atoms with Crippen molar-refractivity contribution in [3.05, 3.63) is 35.9 Å². The highest BCUT2D eigenvalue weighted by Crippen LogP contribution is 2.11. The minimum Gasteiger partial charge on any atom is -0.377 e. The van der Waals surface area contributed by atoms with Crippen LogP contribution in [0.15, 0.2) is 30.3 Å². The number of nitrogens with one attached hydrogen (secondary N) is 1. The molecule has 0 spiro atoms. The van der Waals surface area contributed by atoms with Gasteiger partial charge in [-0.3, -0.25) is 0 Å². The van der Waals surface area contributed by atoms with Crippen molar-refractivity contribution in [1.82, 2.24) is 5.32 Å². The summed E-state index contributed by atoms with van der Waals surface area (Å²) in [4.78, 5) is 0. The summed E-state index contributed by atoms with van der Waals surface area (Å²) in [7, 11) is 0. The van der Waals surface area contributed by atoms with Crippen LogP contribution in [0.3, 0.4) is 0 Å². The molecule has 1 aliphatic rings. The first-order valence-electron chi connectivity index (χ1n) is 6.80. The Morgan fingerprint density at radius 3 is 2.82 bits per heavy atom. The Morgan fingerprint density at radius 2 is 2.06 bits per heavy atom. The number of hydrogen-bond acceptors (Lipinski definition) is 2. The molecular formula is C15H23NO. The molecule has 94 valence electrons. The summed E-state index contributed by atoms with van der Waals surface area (Å²) in [6, 6.07) is 11.1. The van der Waals surface area contributed by atoms with Crippen LogP contribution in [0.25, 0.3) is 0 Å². The quantitative estimate of drug-likeness (QED) is 0.762. The van der Waals surface area contributed by atoms with Crippen molar-refractivity contribution in [2.45, 2.75) is 44.8 Å². The highest BCUT2D eigenvalue weighted by atomic mass is 16.5. The molecule has 0 saturated carbocycles. The molecule has 1 N–H and O–H groups in total. The summed E-state index contributed by atoms with van der Waals surface area (Å²) in [6.07, 6.45) is 6.52. The average Bonchev–Trinajstić information content (AvgIpc) is 2.41. The monoisotopic (exact) mass is 233 g/mol. The van der Waals surface area contributed by atoms with Crippen molar-refractivity contribution in [2.24, 2.45) is 0 Å². The van der Waals surface area contributed by atoms with Crippen LogP contribution in [0.5, 0.6) is 0 Å². The fourth-order valence-electron chi connectivity index (χ4n) is 2.37. The van der Waals surface area contributed by atoms with Gasteiger partial charge in [0.05, 0.1) is 6.61 Å². The maximum atomic E-state index is 5.68. The minimum absolute atomic E-state index is 0.740. The maximum absolute atomic E-state index is 5.68. The van der Waals surface area contributed by atoms with Crippen molar-refractivity contribution in [3.8, 4) is 0 Å². The van der Waals surface area contributed by atoms with Gasteiger partial charge in [0.15, 0.2) is 0 Å². The van der Waals surface area contributed by atoms with Gasteiger partial charge in [0.25, 0.3) is 0 Å². The zero-order chi connectivity index (χ0) is 11.8. The van der Waals surface area contributed by atoms with Gasteiger partial charge in [-0.25, -0.2) is 0 Å². The van der Waals surface area contributed by atoms with Crippen LogP contribution < -0.4 is 5.32 Å². The molecule has 1 saturated heterocycles. The standard InChI is InChI=1S/C15H23NO/c1-2-7-14(8-3-1)13-17-12-6-10-15-9-4-5-11-16-15/h1-3,7-8,15-16H,4-6,9-13H2/t15-/m1/s1. The van der Waals surface area contributed by atoms with E-state index < -0.39 is 0 Å². The molecule has 1 aromatic carbocycles. The number of benzene rings is 1. The van der Waals surface area contributed by atoms with Crippen LogP contribution in [0, 0.1) is 0 Å². The summed E-state index contributed by atoms with van der Waals surface area (Å²) >= 11 is 0. The van der Waals surface area contributed by atoms with Gasteiger partial charge < -0.3 is 10.1 Å². The SMILES string of the molecule is c1ccc(COCCC[C@H]2CCCCN2)cc1. The third kappa shape index (κ3) is 4.88. The number of rotatable bonds is 6. The lowest BCUT2D eigenvalue weighted by atomic mass is 10.0. The van der Waals surface area contributed by atoms with E-state index in [1.54, 1.807) is 0 Å². The topological polar surface area (TPSA) is 21.3 Å². The van der Waals surface area contributed by atoms with Crippen LogP contribution in [0.4, 0.5) is 0 Å². The van der Waals surface area contributed by atoms with Crippen molar-refractivity contribution in [1.29, 1.82) is 0 Å². The molecule has 0 aliphatic carbocycles. The van der Waals surface area contributed by atoms with Crippen LogP contribution in [-0.4, -0.2) is 19.2 Å². The van der Waals surface area contributed by atoms with E-state index in [1.165, 1.54) is 44.2 Å². The molecule has 0 unspecified atom stereocenters. The first-order valence-corrected chi connectivity index (χ1v) is 6.80. The predicted octanol–water partition coefficient (Wildman–Crippen LogP) is 3.13. The lowest BCUT2D eigenvalue weighted by molar-refractivity contribution is 0.114. The minimum atomic E-state index is 0.740. The Morgan fingerprint density at radius 1 is 1.18 bits per heavy atom. The van der Waals surface area contributed by atoms with E-state index in [4.69, 9.17) is 4.74 Å². The Bertz CT molecular complexity index is 293. The van der Waals surface area contributed by atoms with Crippen LogP contribution >= 0.6 is 0 Å². The number of piperidine rings is 1. The molecule has 0 radical (unpaired) electrons. The van der Waals surface area contributed by atoms with E-state index in [2.05, 4.69) is 29.6 Å². The van der Waals surface area contributed by atoms with Crippen molar-refractivity contribution < 1.29 is 4.74 Å². The van der Waals surface area contributed by atoms with Crippen LogP contribution in [0.1, 0.15) is 37.7 Å². The predicted molar refractivity (Wildman–Crippen MR) is 71.0 cm³/mol. The summed E-state index contributed by atoms with van der Waals surface area (Å²) < 4.78 is 5.68. The van der Waals surface area contributed by atoms with Gasteiger partial charge >= 0.3 is 0 Å². The van der Waals surface area contributed by atoms with Gasteiger partial charge in [0, 0.05) is 12.6 Å². The largest absolute Gasteiger partial charge is 0.377 e. The summed E-state index contributed by atoms with van der Waals surface area (Å²) in [6.45, 7) is 2.83. The van der Waals surface area contributed by atoms with E-state index in [0.29, 0.717) is 0 Å². The van der Waals surface area contributed by atoms with Gasteiger partial charge in [-0.05, 0) is 37.8 Å².